The van der Waals surface area contributed by atoms with E-state index in [2.05, 4.69) is 31.5 Å². The Morgan fingerprint density at radius 1 is 0.914 bits per heavy atom. The van der Waals surface area contributed by atoms with Crippen molar-refractivity contribution in [2.24, 2.45) is 5.41 Å². The summed E-state index contributed by atoms with van der Waals surface area (Å²) < 4.78 is 20.1. The van der Waals surface area contributed by atoms with Crippen LogP contribution in [0.5, 0.6) is 11.5 Å². The van der Waals surface area contributed by atoms with E-state index >= 15 is 0 Å². The molecule has 176 valence electrons. The summed E-state index contributed by atoms with van der Waals surface area (Å²) >= 11 is 3.47. The van der Waals surface area contributed by atoms with Crippen LogP contribution >= 0.6 is 15.9 Å². The highest BCUT2D eigenvalue weighted by molar-refractivity contribution is 9.10. The van der Waals surface area contributed by atoms with Crippen LogP contribution in [0.25, 0.3) is 10.9 Å². The molecule has 1 aliphatic carbocycles. The van der Waals surface area contributed by atoms with Gasteiger partial charge in [0.25, 0.3) is 0 Å². The van der Waals surface area contributed by atoms with Gasteiger partial charge in [0, 0.05) is 33.0 Å². The van der Waals surface area contributed by atoms with Crippen LogP contribution in [0.15, 0.2) is 77.3 Å². The zero-order valence-electron chi connectivity index (χ0n) is 18.8. The summed E-state index contributed by atoms with van der Waals surface area (Å²) in [5.41, 5.74) is 1.55. The number of rotatable bonds is 6. The maximum atomic E-state index is 13.1. The molecule has 0 spiro atoms. The fourth-order valence-corrected chi connectivity index (χ4v) is 4.18. The summed E-state index contributed by atoms with van der Waals surface area (Å²) in [5, 5.41) is 6.42. The van der Waals surface area contributed by atoms with Crippen LogP contribution in [-0.4, -0.2) is 16.8 Å². The van der Waals surface area contributed by atoms with Crippen molar-refractivity contribution in [1.29, 1.82) is 0 Å². The lowest BCUT2D eigenvalue weighted by Gasteiger charge is -2.16. The van der Waals surface area contributed by atoms with E-state index < -0.39 is 17.1 Å². The molecule has 1 heterocycles. The Morgan fingerprint density at radius 3 is 2.11 bits per heavy atom. The van der Waals surface area contributed by atoms with Crippen molar-refractivity contribution < 1.29 is 18.7 Å². The van der Waals surface area contributed by atoms with Gasteiger partial charge in [0.1, 0.15) is 22.7 Å². The predicted molar refractivity (Wildman–Crippen MR) is 136 cm³/mol. The zero-order valence-corrected chi connectivity index (χ0v) is 20.4. The number of carbonyl (C=O) groups is 2. The van der Waals surface area contributed by atoms with Gasteiger partial charge in [-0.15, -0.1) is 0 Å². The van der Waals surface area contributed by atoms with Crippen LogP contribution in [-0.2, 0) is 9.59 Å². The molecule has 1 saturated carbocycles. The van der Waals surface area contributed by atoms with E-state index in [1.54, 1.807) is 24.3 Å². The Morgan fingerprint density at radius 2 is 1.51 bits per heavy atom. The number of amides is 2. The number of carbonyl (C=O) groups excluding carboxylic acids is 2. The monoisotopic (exact) mass is 533 g/mol. The van der Waals surface area contributed by atoms with Crippen LogP contribution in [0, 0.1) is 18.2 Å². The van der Waals surface area contributed by atoms with Crippen LogP contribution in [0.4, 0.5) is 15.8 Å². The van der Waals surface area contributed by atoms with E-state index in [1.807, 2.05) is 31.2 Å². The molecule has 1 aliphatic rings. The smallest absolute Gasteiger partial charge is 0.240 e. The fourth-order valence-electron chi connectivity index (χ4n) is 3.83. The molecule has 3 aromatic carbocycles. The predicted octanol–water partition coefficient (Wildman–Crippen LogP) is 6.59. The first kappa shape index (κ1) is 23.0. The number of hydrogen-bond donors (Lipinski definition) is 2. The third-order valence-corrected chi connectivity index (χ3v) is 6.42. The maximum Gasteiger partial charge on any atom is 0.240 e. The normalized spacial score (nSPS) is 13.8. The minimum absolute atomic E-state index is 0.368. The molecule has 5 rings (SSSR count). The molecule has 35 heavy (non-hydrogen) atoms. The molecule has 4 aromatic rings. The van der Waals surface area contributed by atoms with Crippen molar-refractivity contribution in [2.45, 2.75) is 19.8 Å². The van der Waals surface area contributed by atoms with Gasteiger partial charge in [-0.1, -0.05) is 15.9 Å². The Balaban J connectivity index is 1.27. The van der Waals surface area contributed by atoms with Crippen molar-refractivity contribution in [1.82, 2.24) is 4.98 Å². The summed E-state index contributed by atoms with van der Waals surface area (Å²) in [5.74, 6) is 0.133. The lowest BCUT2D eigenvalue weighted by atomic mass is 10.0. The van der Waals surface area contributed by atoms with Gasteiger partial charge >= 0.3 is 0 Å². The third-order valence-electron chi connectivity index (χ3n) is 5.92. The molecular formula is C27H21BrFN3O3. The number of halogens is 2. The summed E-state index contributed by atoms with van der Waals surface area (Å²) in [7, 11) is 0. The average molecular weight is 534 g/mol. The van der Waals surface area contributed by atoms with E-state index in [0.29, 0.717) is 35.7 Å². The Kier molecular flexibility index (Phi) is 5.98. The Hall–Kier alpha value is -3.78. The van der Waals surface area contributed by atoms with Gasteiger partial charge in [0.15, 0.2) is 0 Å². The lowest BCUT2D eigenvalue weighted by Crippen LogP contribution is -2.35. The molecule has 1 fully saturated rings. The molecule has 0 atom stereocenters. The number of nitrogens with zero attached hydrogens (tertiary/aromatic N) is 1. The first-order valence-electron chi connectivity index (χ1n) is 11.1. The highest BCUT2D eigenvalue weighted by Gasteiger charge is 2.56. The van der Waals surface area contributed by atoms with Gasteiger partial charge < -0.3 is 15.4 Å². The first-order valence-corrected chi connectivity index (χ1v) is 11.8. The van der Waals surface area contributed by atoms with Crippen LogP contribution in [0.3, 0.4) is 0 Å². The van der Waals surface area contributed by atoms with Crippen LogP contribution in [0.1, 0.15) is 18.5 Å². The first-order chi connectivity index (χ1) is 16.8. The second kappa shape index (κ2) is 9.11. The number of pyridine rings is 1. The fraction of sp³-hybridized carbons (Fsp3) is 0.148. The topological polar surface area (TPSA) is 80.3 Å². The van der Waals surface area contributed by atoms with Gasteiger partial charge in [-0.2, -0.15) is 0 Å². The summed E-state index contributed by atoms with van der Waals surface area (Å²) in [6.07, 6.45) is 0.912. The molecule has 8 heteroatoms. The number of hydrogen-bond acceptors (Lipinski definition) is 4. The van der Waals surface area contributed by atoms with Gasteiger partial charge in [-0.3, -0.25) is 14.6 Å². The summed E-state index contributed by atoms with van der Waals surface area (Å²) in [4.78, 5) is 30.2. The molecule has 1 aromatic heterocycles. The van der Waals surface area contributed by atoms with Gasteiger partial charge in [0.05, 0.1) is 5.52 Å². The van der Waals surface area contributed by atoms with E-state index in [0.717, 1.165) is 21.1 Å². The number of benzene rings is 3. The minimum atomic E-state index is -1.12. The second-order valence-corrected chi connectivity index (χ2v) is 9.46. The number of nitrogens with one attached hydrogen (secondary N) is 2. The number of aryl methyl sites for hydroxylation is 1. The van der Waals surface area contributed by atoms with E-state index in [9.17, 15) is 14.0 Å². The highest BCUT2D eigenvalue weighted by Crippen LogP contribution is 2.47. The quantitative estimate of drug-likeness (QED) is 0.274. The SMILES string of the molecule is Cc1cc(Oc2ccc(NC(=O)C3(C(=O)Nc4ccc(F)cc4)CC3)cc2)c2ccc(Br)cc2n1. The van der Waals surface area contributed by atoms with Crippen molar-refractivity contribution in [3.05, 3.63) is 88.8 Å². The zero-order chi connectivity index (χ0) is 24.6. The van der Waals surface area contributed by atoms with Gasteiger partial charge in [-0.05, 0) is 86.5 Å². The molecule has 0 unspecified atom stereocenters. The number of fused-ring (bicyclic) bond motifs is 1. The lowest BCUT2D eigenvalue weighted by molar-refractivity contribution is -0.131. The van der Waals surface area contributed by atoms with E-state index in [-0.39, 0.29) is 5.91 Å². The molecule has 2 N–H and O–H groups in total. The van der Waals surface area contributed by atoms with E-state index in [1.165, 1.54) is 24.3 Å². The number of ether oxygens (including phenoxy) is 1. The molecule has 0 aliphatic heterocycles. The number of aromatic nitrogens is 1. The second-order valence-electron chi connectivity index (χ2n) is 8.55. The number of anilines is 2. The molecular weight excluding hydrogens is 513 g/mol. The van der Waals surface area contributed by atoms with Crippen molar-refractivity contribution in [3.8, 4) is 11.5 Å². The van der Waals surface area contributed by atoms with Crippen molar-refractivity contribution in [3.63, 3.8) is 0 Å². The highest BCUT2D eigenvalue weighted by atomic mass is 79.9. The molecule has 6 nitrogen and oxygen atoms in total. The Bertz CT molecular complexity index is 1430. The molecule has 0 bridgehead atoms. The summed E-state index contributed by atoms with van der Waals surface area (Å²) in [6.45, 7) is 1.91. The maximum absolute atomic E-state index is 13.1. The largest absolute Gasteiger partial charge is 0.457 e. The standard InChI is InChI=1S/C27H21BrFN3O3/c1-16-14-24(22-11-2-17(28)15-23(22)30-16)35-21-9-7-20(8-10-21)32-26(34)27(12-13-27)25(33)31-19-5-3-18(29)4-6-19/h2-11,14-15H,12-13H2,1H3,(H,31,33)(H,32,34). The summed E-state index contributed by atoms with van der Waals surface area (Å²) in [6, 6.07) is 20.1. The van der Waals surface area contributed by atoms with Crippen LogP contribution in [0.2, 0.25) is 0 Å². The molecule has 0 radical (unpaired) electrons. The Labute approximate surface area is 209 Å². The minimum Gasteiger partial charge on any atom is -0.457 e. The van der Waals surface area contributed by atoms with E-state index in [4.69, 9.17) is 4.74 Å². The van der Waals surface area contributed by atoms with Crippen LogP contribution < -0.4 is 15.4 Å². The van der Waals surface area contributed by atoms with Gasteiger partial charge in [0.2, 0.25) is 11.8 Å². The van der Waals surface area contributed by atoms with Crippen molar-refractivity contribution >= 4 is 50.0 Å². The average Bonchev–Trinajstić information content (AvgIpc) is 3.64. The molecule has 2 amide bonds. The third kappa shape index (κ3) is 4.88. The van der Waals surface area contributed by atoms with Gasteiger partial charge in [-0.25, -0.2) is 4.39 Å². The molecule has 0 saturated heterocycles. The van der Waals surface area contributed by atoms with Crippen molar-refractivity contribution in [2.75, 3.05) is 10.6 Å².